The highest BCUT2D eigenvalue weighted by Gasteiger charge is 2.60. The van der Waals surface area contributed by atoms with Crippen LogP contribution in [-0.4, -0.2) is 433 Å². The Bertz CT molecular complexity index is 2600. The first-order chi connectivity index (χ1) is 46.7. The van der Waals surface area contributed by atoms with Crippen molar-refractivity contribution in [2.75, 3.05) is 46.2 Å². The van der Waals surface area contributed by atoms with Crippen molar-refractivity contribution < 1.29 is 208 Å². The Morgan fingerprint density at radius 3 is 1.04 bits per heavy atom. The summed E-state index contributed by atoms with van der Waals surface area (Å²) in [4.78, 5) is 49.5. The Morgan fingerprint density at radius 2 is 0.606 bits per heavy atom. The Kier molecular flexibility index (Phi) is 28.7. The predicted octanol–water partition coefficient (Wildman–Crippen LogP) is -17.9. The van der Waals surface area contributed by atoms with Crippen molar-refractivity contribution in [3.63, 3.8) is 0 Å². The number of amides is 3. The van der Waals surface area contributed by atoms with Crippen LogP contribution in [-0.2, 0) is 90.2 Å². The van der Waals surface area contributed by atoms with Gasteiger partial charge < -0.3 is 204 Å². The van der Waals surface area contributed by atoms with E-state index in [-0.39, 0.29) is 0 Å². The quantitative estimate of drug-likeness (QED) is 0.0404. The normalized spacial score (nSPS) is 49.1. The van der Waals surface area contributed by atoms with Crippen LogP contribution >= 0.6 is 0 Å². The second-order valence-corrected chi connectivity index (χ2v) is 24.7. The van der Waals surface area contributed by atoms with Gasteiger partial charge >= 0.3 is 5.97 Å². The molecule has 45 nitrogen and oxygen atoms in total. The maximum absolute atomic E-state index is 12.9. The fourth-order valence-corrected chi connectivity index (χ4v) is 12.6. The van der Waals surface area contributed by atoms with Crippen LogP contribution in [0.3, 0.4) is 0 Å². The summed E-state index contributed by atoms with van der Waals surface area (Å²) >= 11 is 0. The van der Waals surface area contributed by atoms with Crippen LogP contribution in [0.15, 0.2) is 0 Å². The van der Waals surface area contributed by atoms with Gasteiger partial charge in [-0.15, -0.1) is 0 Å². The van der Waals surface area contributed by atoms with Gasteiger partial charge in [-0.2, -0.15) is 0 Å². The molecular weight excluding hydrogens is 1360 g/mol. The van der Waals surface area contributed by atoms with E-state index in [4.69, 9.17) is 71.1 Å². The number of hydrogen-bond acceptors (Lipinski definition) is 41. The molecule has 8 heterocycles. The van der Waals surface area contributed by atoms with Crippen molar-refractivity contribution in [1.29, 1.82) is 0 Å². The minimum atomic E-state index is -2.39. The lowest BCUT2D eigenvalue weighted by Gasteiger charge is -2.50. The molecule has 0 radical (unpaired) electrons. The molecule has 8 saturated heterocycles. The van der Waals surface area contributed by atoms with Crippen LogP contribution in [0.5, 0.6) is 0 Å². The van der Waals surface area contributed by atoms with Crippen LogP contribution in [0.1, 0.15) is 20.8 Å². The van der Waals surface area contributed by atoms with Crippen molar-refractivity contribution in [3.8, 4) is 0 Å². The van der Waals surface area contributed by atoms with Crippen LogP contribution < -0.4 is 16.0 Å². The zero-order chi connectivity index (χ0) is 73.1. The summed E-state index contributed by atoms with van der Waals surface area (Å²) < 4.78 is 86.6. The van der Waals surface area contributed by atoms with E-state index >= 15 is 0 Å². The molecule has 8 rings (SSSR count). The summed E-state index contributed by atoms with van der Waals surface area (Å²) in [7, 11) is 0. The SMILES string of the molecule is CC(=O)N[C@@H]1[C@@H](O)[C@H](O[C@@H]2O[C@H](CO)[C@@H](O[C@@H]3O[C@H](CO[C@H]4O[C@H](CO)[C@@H](O)[C@H](O)[C@@H]4O[C@@H]4O[C@H](CO)[C@@H](O[C@@H]5O[C@H](CO)[C@H](O)[C@H](O[C@@H]6O[C@H](C(=O)O)[C@@H](O)[C@H](O)[C@H]6O)[C@H]5O)[C@H](O)[C@H]4NC(C)=O)[C@@H](O)[C@H](O[C@H]4O[C@H](CO)[C@@H](O)[C@H](O)[C@@H]4O)[C@@H]3O)[C@H](O)[C@H]2NC(C)=O)[C@@H](CO)O[C@H]1O. The van der Waals surface area contributed by atoms with Crippen molar-refractivity contribution in [2.24, 2.45) is 0 Å². The van der Waals surface area contributed by atoms with Gasteiger partial charge in [0.25, 0.3) is 0 Å². The molecule has 0 unspecified atom stereocenters. The molecule has 40 atom stereocenters. The lowest BCUT2D eigenvalue weighted by Crippen LogP contribution is -2.70. The minimum Gasteiger partial charge on any atom is -0.479 e. The number of aliphatic hydroxyl groups excluding tert-OH is 22. The van der Waals surface area contributed by atoms with Gasteiger partial charge in [0, 0.05) is 20.8 Å². The van der Waals surface area contributed by atoms with Gasteiger partial charge in [-0.3, -0.25) is 14.4 Å². The molecule has 8 fully saturated rings. The molecule has 0 aromatic rings. The summed E-state index contributed by atoms with van der Waals surface area (Å²) in [6.45, 7) is -4.62. The van der Waals surface area contributed by atoms with E-state index in [0.717, 1.165) is 20.8 Å². The third kappa shape index (κ3) is 17.7. The first-order valence-electron chi connectivity index (χ1n) is 31.1. The number of carboxylic acids is 1. The van der Waals surface area contributed by atoms with E-state index in [1.54, 1.807) is 0 Å². The van der Waals surface area contributed by atoms with E-state index < -0.39 is 315 Å². The zero-order valence-electron chi connectivity index (χ0n) is 52.6. The van der Waals surface area contributed by atoms with Gasteiger partial charge in [-0.05, 0) is 0 Å². The molecule has 0 bridgehead atoms. The second-order valence-electron chi connectivity index (χ2n) is 24.7. The number of aliphatic hydroxyl groups is 22. The fourth-order valence-electron chi connectivity index (χ4n) is 12.6. The van der Waals surface area contributed by atoms with E-state index in [2.05, 4.69) is 16.0 Å². The largest absolute Gasteiger partial charge is 0.479 e. The number of nitrogens with one attached hydrogen (secondary N) is 3. The average Bonchev–Trinajstić information content (AvgIpc) is 0.776. The van der Waals surface area contributed by atoms with Crippen molar-refractivity contribution in [3.05, 3.63) is 0 Å². The lowest BCUT2D eigenvalue weighted by atomic mass is 9.94. The molecule has 26 N–H and O–H groups in total. The monoisotopic (exact) mass is 1450 g/mol. The Balaban J connectivity index is 1.05. The Labute approximate surface area is 558 Å². The fraction of sp³-hybridized carbons (Fsp3) is 0.926. The molecular formula is C54H89N3O42. The smallest absolute Gasteiger partial charge is 0.335 e. The molecule has 0 spiro atoms. The summed E-state index contributed by atoms with van der Waals surface area (Å²) in [6, 6.07) is -5.39. The molecule has 0 saturated carbocycles. The molecule has 572 valence electrons. The first kappa shape index (κ1) is 81.1. The molecule has 0 aliphatic carbocycles. The number of hydrogen-bond donors (Lipinski definition) is 26. The summed E-state index contributed by atoms with van der Waals surface area (Å²) in [5.74, 6) is -4.45. The average molecular weight is 1450 g/mol. The highest BCUT2D eigenvalue weighted by molar-refractivity contribution is 5.74. The second kappa shape index (κ2) is 35.0. The molecule has 8 aliphatic heterocycles. The number of carbonyl (C=O) groups is 4. The van der Waals surface area contributed by atoms with Crippen molar-refractivity contribution in [1.82, 2.24) is 16.0 Å². The standard InChI is InChI=1S/C54H89N3O42/c1-11(64)55-21-28(71)39(17(7-61)86-47(21)84)93-48-22(56-12(2)65)29(72)41(18(8-62)90-48)95-53-38(81)43(96-50-35(78)31(74)24(67)14(4-58)87-50)27(70)20(92-53)10-85-54-45(33(76)25(68)15(5-59)89-54)99-49-23(57-13(3)66)30(73)40(19(9-63)91-49)94-52-37(80)42(26(69)16(6-60)88-52)97-51-36(79)32(75)34(77)44(98-51)46(82)83/h14-45,47-54,58-63,67-81,84H,4-10H2,1-3H3,(H,55,64)(H,56,65)(H,57,66)(H,82,83)/t14-,15-,16-,17-,18-,19-,20-,21-,22-,23-,24-,25-,26+,27-,28-,29-,30-,31+,32+,33+,34+,35+,36-,37-,38+,39-,40-,41-,42+,43+,44+,45+,47-,48+,49+,50-,51-,52+,53+,54+/m1/s1. The van der Waals surface area contributed by atoms with Gasteiger partial charge in [-0.25, -0.2) is 4.79 Å². The van der Waals surface area contributed by atoms with Gasteiger partial charge in [0.1, 0.15) is 189 Å². The Hall–Kier alpha value is -3.60. The Morgan fingerprint density at radius 1 is 0.293 bits per heavy atom. The van der Waals surface area contributed by atoms with E-state index in [0.29, 0.717) is 0 Å². The number of ether oxygens (including phenoxy) is 15. The predicted molar refractivity (Wildman–Crippen MR) is 300 cm³/mol. The minimum absolute atomic E-state index is 0.757. The third-order valence-electron chi connectivity index (χ3n) is 17.8. The number of aliphatic carboxylic acids is 1. The number of carboxylic acid groups (broad SMARTS) is 1. The maximum Gasteiger partial charge on any atom is 0.335 e. The molecule has 99 heavy (non-hydrogen) atoms. The lowest BCUT2D eigenvalue weighted by molar-refractivity contribution is -0.390. The number of carbonyl (C=O) groups excluding carboxylic acids is 3. The first-order valence-corrected chi connectivity index (χ1v) is 31.1. The van der Waals surface area contributed by atoms with Crippen LogP contribution in [0.2, 0.25) is 0 Å². The van der Waals surface area contributed by atoms with Crippen molar-refractivity contribution >= 4 is 23.7 Å². The summed E-state index contributed by atoms with van der Waals surface area (Å²) in [5, 5.41) is 258. The van der Waals surface area contributed by atoms with Gasteiger partial charge in [0.15, 0.2) is 56.4 Å². The van der Waals surface area contributed by atoms with E-state index in [9.17, 15) is 137 Å². The summed E-state index contributed by atoms with van der Waals surface area (Å²) in [6.07, 6.45) is -76.9. The molecule has 3 amide bonds. The maximum atomic E-state index is 12.9. The molecule has 0 aromatic heterocycles. The summed E-state index contributed by atoms with van der Waals surface area (Å²) in [5.41, 5.74) is 0. The number of rotatable bonds is 25. The van der Waals surface area contributed by atoms with E-state index in [1.807, 2.05) is 0 Å². The molecule has 0 aromatic carbocycles. The molecule has 45 heteroatoms. The van der Waals surface area contributed by atoms with E-state index in [1.165, 1.54) is 0 Å². The van der Waals surface area contributed by atoms with Gasteiger partial charge in [0.05, 0.1) is 46.2 Å². The highest BCUT2D eigenvalue weighted by Crippen LogP contribution is 2.39. The zero-order valence-corrected chi connectivity index (χ0v) is 52.6. The van der Waals surface area contributed by atoms with Crippen LogP contribution in [0.4, 0.5) is 0 Å². The molecule has 8 aliphatic rings. The van der Waals surface area contributed by atoms with Gasteiger partial charge in [-0.1, -0.05) is 0 Å². The topological polar surface area (TPSA) is 708 Å². The van der Waals surface area contributed by atoms with Crippen LogP contribution in [0, 0.1) is 0 Å². The highest BCUT2D eigenvalue weighted by atomic mass is 16.8. The van der Waals surface area contributed by atoms with Crippen molar-refractivity contribution in [2.45, 2.75) is 266 Å². The van der Waals surface area contributed by atoms with Crippen LogP contribution in [0.25, 0.3) is 0 Å². The van der Waals surface area contributed by atoms with Gasteiger partial charge in [0.2, 0.25) is 17.7 Å². The third-order valence-corrected chi connectivity index (χ3v) is 17.8.